The fraction of sp³-hybridized carbons (Fsp3) is 0.474. The number of piperazine rings is 1. The molecule has 1 N–H and O–H groups in total. The fourth-order valence-electron chi connectivity index (χ4n) is 3.16. The summed E-state index contributed by atoms with van der Waals surface area (Å²) in [4.78, 5) is 14.8. The second kappa shape index (κ2) is 8.49. The van der Waals surface area contributed by atoms with E-state index in [1.165, 1.54) is 10.9 Å². The number of halogens is 1. The quantitative estimate of drug-likeness (QED) is 0.658. The van der Waals surface area contributed by atoms with E-state index in [0.29, 0.717) is 12.2 Å². The number of para-hydroxylation sites is 1. The molecule has 2 aromatic rings. The summed E-state index contributed by atoms with van der Waals surface area (Å²) in [6.45, 7) is 10.8. The zero-order valence-corrected chi connectivity index (χ0v) is 16.4. The second-order valence-electron chi connectivity index (χ2n) is 6.34. The summed E-state index contributed by atoms with van der Waals surface area (Å²) in [7, 11) is 0. The van der Waals surface area contributed by atoms with Crippen molar-refractivity contribution in [3.63, 3.8) is 0 Å². The number of benzene rings is 1. The van der Waals surface area contributed by atoms with Crippen molar-refractivity contribution < 1.29 is 4.39 Å². The maximum absolute atomic E-state index is 14.0. The van der Waals surface area contributed by atoms with Crippen LogP contribution in [0.5, 0.6) is 0 Å². The van der Waals surface area contributed by atoms with Crippen molar-refractivity contribution in [2.75, 3.05) is 37.6 Å². The van der Waals surface area contributed by atoms with Crippen molar-refractivity contribution in [1.82, 2.24) is 15.2 Å². The Hall–Kier alpha value is -2.15. The van der Waals surface area contributed by atoms with E-state index in [-0.39, 0.29) is 5.82 Å². The summed E-state index contributed by atoms with van der Waals surface area (Å²) in [5.74, 6) is 0.767. The predicted molar refractivity (Wildman–Crippen MR) is 107 cm³/mol. The number of thiazole rings is 1. The molecule has 1 aromatic heterocycles. The van der Waals surface area contributed by atoms with Crippen LogP contribution in [0, 0.1) is 19.7 Å². The number of anilines is 1. The first-order valence-electron chi connectivity index (χ1n) is 9.04. The fourth-order valence-corrected chi connectivity index (χ4v) is 4.02. The van der Waals surface area contributed by atoms with Crippen LogP contribution in [-0.2, 0) is 6.54 Å². The molecular weight excluding hydrogens is 349 g/mol. The molecule has 7 heteroatoms. The van der Waals surface area contributed by atoms with E-state index in [4.69, 9.17) is 4.99 Å². The first kappa shape index (κ1) is 18.6. The number of aryl methyl sites for hydroxylation is 2. The monoisotopic (exact) mass is 375 g/mol. The number of nitrogens with one attached hydrogen (secondary N) is 1. The van der Waals surface area contributed by atoms with E-state index >= 15 is 0 Å². The Kier molecular flexibility index (Phi) is 6.08. The van der Waals surface area contributed by atoms with Gasteiger partial charge in [0.1, 0.15) is 5.82 Å². The standard InChI is InChI=1S/C19H26FN5S/c1-4-21-19(22-13-18-14(2)23-15(3)26-18)25-11-9-24(10-12-25)17-8-6-5-7-16(17)20/h5-8H,4,9-13H2,1-3H3,(H,21,22). The number of hydrogen-bond donors (Lipinski definition) is 1. The minimum Gasteiger partial charge on any atom is -0.366 e. The number of nitrogens with zero attached hydrogens (tertiary/aromatic N) is 4. The molecule has 140 valence electrons. The molecule has 0 unspecified atom stereocenters. The summed E-state index contributed by atoms with van der Waals surface area (Å²) in [5, 5.41) is 4.46. The molecule has 1 aromatic carbocycles. The molecule has 1 fully saturated rings. The highest BCUT2D eigenvalue weighted by atomic mass is 32.1. The Balaban J connectivity index is 1.65. The van der Waals surface area contributed by atoms with Gasteiger partial charge in [-0.05, 0) is 32.9 Å². The molecule has 3 rings (SSSR count). The largest absolute Gasteiger partial charge is 0.366 e. The van der Waals surface area contributed by atoms with Crippen molar-refractivity contribution in [2.45, 2.75) is 27.3 Å². The van der Waals surface area contributed by atoms with Gasteiger partial charge in [0.05, 0.1) is 22.9 Å². The third kappa shape index (κ3) is 4.33. The molecule has 5 nitrogen and oxygen atoms in total. The summed E-state index contributed by atoms with van der Waals surface area (Å²) in [5.41, 5.74) is 1.75. The Labute approximate surface area is 158 Å². The topological polar surface area (TPSA) is 43.8 Å². The summed E-state index contributed by atoms with van der Waals surface area (Å²) >= 11 is 1.71. The first-order chi connectivity index (χ1) is 12.6. The average Bonchev–Trinajstić information content (AvgIpc) is 2.96. The van der Waals surface area contributed by atoms with Gasteiger partial charge in [0.15, 0.2) is 5.96 Å². The molecule has 0 amide bonds. The first-order valence-corrected chi connectivity index (χ1v) is 9.85. The molecule has 1 aliphatic rings. The van der Waals surface area contributed by atoms with Gasteiger partial charge in [-0.2, -0.15) is 0 Å². The van der Waals surface area contributed by atoms with Crippen LogP contribution in [0.2, 0.25) is 0 Å². The summed E-state index contributed by atoms with van der Waals surface area (Å²) in [6.07, 6.45) is 0. The normalized spacial score (nSPS) is 15.5. The number of hydrogen-bond acceptors (Lipinski definition) is 4. The van der Waals surface area contributed by atoms with Crippen molar-refractivity contribution >= 4 is 23.0 Å². The molecule has 0 saturated carbocycles. The highest BCUT2D eigenvalue weighted by molar-refractivity contribution is 7.11. The minimum absolute atomic E-state index is 0.155. The van der Waals surface area contributed by atoms with E-state index in [0.717, 1.165) is 49.4 Å². The average molecular weight is 376 g/mol. The molecular formula is C19H26FN5S. The molecule has 0 bridgehead atoms. The van der Waals surface area contributed by atoms with Crippen LogP contribution in [0.25, 0.3) is 0 Å². The number of aromatic nitrogens is 1. The van der Waals surface area contributed by atoms with E-state index in [2.05, 4.69) is 27.0 Å². The van der Waals surface area contributed by atoms with Crippen LogP contribution in [0.1, 0.15) is 22.5 Å². The molecule has 0 atom stereocenters. The van der Waals surface area contributed by atoms with Crippen molar-refractivity contribution in [1.29, 1.82) is 0 Å². The summed E-state index contributed by atoms with van der Waals surface area (Å²) < 4.78 is 14.0. The van der Waals surface area contributed by atoms with Crippen LogP contribution >= 0.6 is 11.3 Å². The highest BCUT2D eigenvalue weighted by Crippen LogP contribution is 2.21. The van der Waals surface area contributed by atoms with Gasteiger partial charge in [-0.25, -0.2) is 14.4 Å². The van der Waals surface area contributed by atoms with Gasteiger partial charge >= 0.3 is 0 Å². The SMILES string of the molecule is CCNC(=NCc1sc(C)nc1C)N1CCN(c2ccccc2F)CC1. The van der Waals surface area contributed by atoms with Crippen LogP contribution in [0.3, 0.4) is 0 Å². The van der Waals surface area contributed by atoms with Gasteiger partial charge in [-0.15, -0.1) is 11.3 Å². The van der Waals surface area contributed by atoms with E-state index < -0.39 is 0 Å². The molecule has 0 aliphatic carbocycles. The molecule has 1 saturated heterocycles. The van der Waals surface area contributed by atoms with Crippen molar-refractivity contribution in [3.8, 4) is 0 Å². The Morgan fingerprint density at radius 2 is 1.96 bits per heavy atom. The lowest BCUT2D eigenvalue weighted by atomic mass is 10.2. The van der Waals surface area contributed by atoms with E-state index in [9.17, 15) is 4.39 Å². The highest BCUT2D eigenvalue weighted by Gasteiger charge is 2.21. The second-order valence-corrected chi connectivity index (χ2v) is 7.62. The van der Waals surface area contributed by atoms with Crippen molar-refractivity contribution in [2.24, 2.45) is 4.99 Å². The Morgan fingerprint density at radius 3 is 2.58 bits per heavy atom. The minimum atomic E-state index is -0.155. The predicted octanol–water partition coefficient (Wildman–Crippen LogP) is 3.19. The lowest BCUT2D eigenvalue weighted by Gasteiger charge is -2.37. The Bertz CT molecular complexity index is 765. The van der Waals surface area contributed by atoms with Gasteiger partial charge in [0, 0.05) is 37.6 Å². The van der Waals surface area contributed by atoms with Gasteiger partial charge in [-0.3, -0.25) is 0 Å². The third-order valence-electron chi connectivity index (χ3n) is 4.48. The van der Waals surface area contributed by atoms with Crippen LogP contribution < -0.4 is 10.2 Å². The molecule has 1 aliphatic heterocycles. The number of rotatable bonds is 4. The lowest BCUT2D eigenvalue weighted by Crippen LogP contribution is -2.52. The van der Waals surface area contributed by atoms with E-state index in [1.807, 2.05) is 26.0 Å². The van der Waals surface area contributed by atoms with Gasteiger partial charge < -0.3 is 15.1 Å². The maximum atomic E-state index is 14.0. The van der Waals surface area contributed by atoms with Gasteiger partial charge in [-0.1, -0.05) is 12.1 Å². The van der Waals surface area contributed by atoms with Gasteiger partial charge in [0.25, 0.3) is 0 Å². The van der Waals surface area contributed by atoms with Crippen molar-refractivity contribution in [3.05, 3.63) is 45.7 Å². The Morgan fingerprint density at radius 1 is 1.23 bits per heavy atom. The van der Waals surface area contributed by atoms with Crippen LogP contribution in [-0.4, -0.2) is 48.6 Å². The number of guanidine groups is 1. The van der Waals surface area contributed by atoms with Crippen LogP contribution in [0.4, 0.5) is 10.1 Å². The summed E-state index contributed by atoms with van der Waals surface area (Å²) in [6, 6.07) is 6.98. The zero-order chi connectivity index (χ0) is 18.5. The third-order valence-corrected chi connectivity index (χ3v) is 5.54. The lowest BCUT2D eigenvalue weighted by molar-refractivity contribution is 0.370. The molecule has 2 heterocycles. The zero-order valence-electron chi connectivity index (χ0n) is 15.6. The van der Waals surface area contributed by atoms with Gasteiger partial charge in [0.2, 0.25) is 0 Å². The molecule has 26 heavy (non-hydrogen) atoms. The smallest absolute Gasteiger partial charge is 0.194 e. The van der Waals surface area contributed by atoms with Crippen LogP contribution in [0.15, 0.2) is 29.3 Å². The molecule has 0 radical (unpaired) electrons. The number of aliphatic imine (C=N–C) groups is 1. The van der Waals surface area contributed by atoms with E-state index in [1.54, 1.807) is 17.4 Å². The molecule has 0 spiro atoms. The maximum Gasteiger partial charge on any atom is 0.194 e.